The van der Waals surface area contributed by atoms with Crippen molar-refractivity contribution in [1.29, 1.82) is 0 Å². The zero-order valence-electron chi connectivity index (χ0n) is 11.6. The summed E-state index contributed by atoms with van der Waals surface area (Å²) in [4.78, 5) is 12.7. The van der Waals surface area contributed by atoms with Crippen molar-refractivity contribution in [3.05, 3.63) is 70.4 Å². The molecule has 0 spiro atoms. The molecule has 3 nitrogen and oxygen atoms in total. The smallest absolute Gasteiger partial charge is 0.205 e. The van der Waals surface area contributed by atoms with E-state index in [-0.39, 0.29) is 5.43 Å². The maximum absolute atomic E-state index is 12.7. The molecule has 3 heteroatoms. The van der Waals surface area contributed by atoms with E-state index in [4.69, 9.17) is 4.74 Å². The standard InChI is InChI=1S/C18H15NO2/c20-17-14-9-4-5-11-16(14)19(13-7-2-1-3-8-13)18-15(17)10-6-12-21-18/h1-5,7-9,11H,6,10,12H2. The quantitative estimate of drug-likeness (QED) is 0.683. The van der Waals surface area contributed by atoms with Crippen molar-refractivity contribution >= 4 is 10.9 Å². The fourth-order valence-electron chi connectivity index (χ4n) is 2.99. The number of benzene rings is 2. The molecule has 0 N–H and O–H groups in total. The lowest BCUT2D eigenvalue weighted by Crippen LogP contribution is -2.23. The van der Waals surface area contributed by atoms with E-state index in [9.17, 15) is 4.79 Å². The van der Waals surface area contributed by atoms with Gasteiger partial charge in [0, 0.05) is 11.1 Å². The molecule has 0 saturated heterocycles. The number of nitrogens with zero attached hydrogens (tertiary/aromatic N) is 1. The number of para-hydroxylation sites is 2. The number of hydrogen-bond donors (Lipinski definition) is 0. The molecule has 21 heavy (non-hydrogen) atoms. The van der Waals surface area contributed by atoms with Gasteiger partial charge in [-0.1, -0.05) is 30.3 Å². The highest BCUT2D eigenvalue weighted by molar-refractivity contribution is 5.83. The Balaban J connectivity index is 2.18. The van der Waals surface area contributed by atoms with Crippen LogP contribution in [-0.2, 0) is 6.42 Å². The Morgan fingerprint density at radius 1 is 0.952 bits per heavy atom. The third kappa shape index (κ3) is 1.85. The molecule has 1 aliphatic heterocycles. The summed E-state index contributed by atoms with van der Waals surface area (Å²) in [5, 5.41) is 0.755. The van der Waals surface area contributed by atoms with Crippen LogP contribution in [0.25, 0.3) is 16.6 Å². The third-order valence-corrected chi connectivity index (χ3v) is 3.95. The van der Waals surface area contributed by atoms with Gasteiger partial charge in [0.15, 0.2) is 5.43 Å². The third-order valence-electron chi connectivity index (χ3n) is 3.95. The fraction of sp³-hybridized carbons (Fsp3) is 0.167. The first-order valence-corrected chi connectivity index (χ1v) is 7.21. The molecular formula is C18H15NO2. The van der Waals surface area contributed by atoms with Crippen molar-refractivity contribution in [2.24, 2.45) is 0 Å². The van der Waals surface area contributed by atoms with Crippen molar-refractivity contribution in [2.75, 3.05) is 6.61 Å². The highest BCUT2D eigenvalue weighted by atomic mass is 16.5. The molecule has 0 bridgehead atoms. The van der Waals surface area contributed by atoms with Crippen LogP contribution in [0.5, 0.6) is 5.88 Å². The minimum atomic E-state index is 0.104. The number of ether oxygens (including phenoxy) is 1. The number of fused-ring (bicyclic) bond motifs is 2. The summed E-state index contributed by atoms with van der Waals surface area (Å²) < 4.78 is 7.92. The minimum Gasteiger partial charge on any atom is -0.478 e. The Bertz CT molecular complexity index is 866. The molecule has 1 aliphatic rings. The number of hydrogen-bond acceptors (Lipinski definition) is 2. The fourth-order valence-corrected chi connectivity index (χ4v) is 2.99. The average Bonchev–Trinajstić information content (AvgIpc) is 2.56. The van der Waals surface area contributed by atoms with Crippen LogP contribution in [0.2, 0.25) is 0 Å². The number of rotatable bonds is 1. The van der Waals surface area contributed by atoms with Crippen LogP contribution >= 0.6 is 0 Å². The van der Waals surface area contributed by atoms with E-state index in [1.165, 1.54) is 0 Å². The summed E-state index contributed by atoms with van der Waals surface area (Å²) in [7, 11) is 0. The van der Waals surface area contributed by atoms with Crippen LogP contribution < -0.4 is 10.2 Å². The summed E-state index contributed by atoms with van der Waals surface area (Å²) in [6.07, 6.45) is 1.68. The van der Waals surface area contributed by atoms with E-state index in [0.29, 0.717) is 12.5 Å². The van der Waals surface area contributed by atoms with Crippen molar-refractivity contribution in [1.82, 2.24) is 4.57 Å². The lowest BCUT2D eigenvalue weighted by atomic mass is 10.0. The Hall–Kier alpha value is -2.55. The van der Waals surface area contributed by atoms with Gasteiger partial charge in [-0.15, -0.1) is 0 Å². The summed E-state index contributed by atoms with van der Waals surface area (Å²) in [6.45, 7) is 0.664. The average molecular weight is 277 g/mol. The van der Waals surface area contributed by atoms with Crippen molar-refractivity contribution < 1.29 is 4.74 Å². The zero-order valence-corrected chi connectivity index (χ0v) is 11.6. The molecule has 0 atom stereocenters. The monoisotopic (exact) mass is 277 g/mol. The van der Waals surface area contributed by atoms with Gasteiger partial charge in [0.2, 0.25) is 5.88 Å². The molecule has 4 rings (SSSR count). The summed E-state index contributed by atoms with van der Waals surface area (Å²) in [6, 6.07) is 17.8. The molecule has 2 aromatic carbocycles. The van der Waals surface area contributed by atoms with Crippen molar-refractivity contribution in [3.63, 3.8) is 0 Å². The van der Waals surface area contributed by atoms with E-state index >= 15 is 0 Å². The summed E-state index contributed by atoms with van der Waals surface area (Å²) in [5.74, 6) is 0.705. The van der Waals surface area contributed by atoms with Gasteiger partial charge in [-0.05, 0) is 37.1 Å². The molecule has 0 fully saturated rings. The van der Waals surface area contributed by atoms with Crippen LogP contribution in [0.1, 0.15) is 12.0 Å². The second kappa shape index (κ2) is 4.77. The van der Waals surface area contributed by atoms with E-state index in [1.807, 2.05) is 54.6 Å². The molecule has 0 saturated carbocycles. The van der Waals surface area contributed by atoms with Gasteiger partial charge in [-0.25, -0.2) is 0 Å². The molecule has 0 radical (unpaired) electrons. The van der Waals surface area contributed by atoms with E-state index in [0.717, 1.165) is 35.0 Å². The second-order valence-corrected chi connectivity index (χ2v) is 5.25. The first-order valence-electron chi connectivity index (χ1n) is 7.21. The molecule has 1 aromatic heterocycles. The Morgan fingerprint density at radius 3 is 2.57 bits per heavy atom. The predicted octanol–water partition coefficient (Wildman–Crippen LogP) is 3.32. The largest absolute Gasteiger partial charge is 0.478 e. The van der Waals surface area contributed by atoms with Crippen molar-refractivity contribution in [2.45, 2.75) is 12.8 Å². The maximum Gasteiger partial charge on any atom is 0.205 e. The maximum atomic E-state index is 12.7. The van der Waals surface area contributed by atoms with Crippen molar-refractivity contribution in [3.8, 4) is 11.6 Å². The Labute approximate surface area is 122 Å². The first kappa shape index (κ1) is 12.2. The number of aromatic nitrogens is 1. The normalized spacial score (nSPS) is 13.7. The summed E-state index contributed by atoms with van der Waals surface area (Å²) >= 11 is 0. The minimum absolute atomic E-state index is 0.104. The van der Waals surface area contributed by atoms with Gasteiger partial charge in [0.25, 0.3) is 0 Å². The lowest BCUT2D eigenvalue weighted by Gasteiger charge is -2.23. The first-order chi connectivity index (χ1) is 10.4. The van der Waals surface area contributed by atoms with Crippen LogP contribution in [-0.4, -0.2) is 11.2 Å². The van der Waals surface area contributed by atoms with Gasteiger partial charge >= 0.3 is 0 Å². The molecule has 2 heterocycles. The molecular weight excluding hydrogens is 262 g/mol. The van der Waals surface area contributed by atoms with Gasteiger partial charge in [-0.3, -0.25) is 9.36 Å². The highest BCUT2D eigenvalue weighted by Gasteiger charge is 2.21. The SMILES string of the molecule is O=c1c2c(n(-c3ccccc3)c3ccccc13)OCCC2. The number of pyridine rings is 1. The van der Waals surface area contributed by atoms with Gasteiger partial charge in [-0.2, -0.15) is 0 Å². The zero-order chi connectivity index (χ0) is 14.2. The van der Waals surface area contributed by atoms with E-state index in [2.05, 4.69) is 4.57 Å². The van der Waals surface area contributed by atoms with Gasteiger partial charge in [0.05, 0.1) is 17.7 Å². The second-order valence-electron chi connectivity index (χ2n) is 5.25. The van der Waals surface area contributed by atoms with Crippen LogP contribution in [0, 0.1) is 0 Å². The molecule has 3 aromatic rings. The molecule has 0 unspecified atom stereocenters. The predicted molar refractivity (Wildman–Crippen MR) is 83.4 cm³/mol. The van der Waals surface area contributed by atoms with Crippen LogP contribution in [0.3, 0.4) is 0 Å². The van der Waals surface area contributed by atoms with E-state index < -0.39 is 0 Å². The lowest BCUT2D eigenvalue weighted by molar-refractivity contribution is 0.270. The van der Waals surface area contributed by atoms with Gasteiger partial charge in [0.1, 0.15) is 0 Å². The van der Waals surface area contributed by atoms with Gasteiger partial charge < -0.3 is 4.74 Å². The van der Waals surface area contributed by atoms with E-state index in [1.54, 1.807) is 0 Å². The Kier molecular flexibility index (Phi) is 2.78. The molecule has 104 valence electrons. The molecule has 0 amide bonds. The van der Waals surface area contributed by atoms with Crippen LogP contribution in [0.4, 0.5) is 0 Å². The summed E-state index contributed by atoms with van der Waals surface area (Å²) in [5.41, 5.74) is 2.82. The highest BCUT2D eigenvalue weighted by Crippen LogP contribution is 2.30. The van der Waals surface area contributed by atoms with Crippen LogP contribution in [0.15, 0.2) is 59.4 Å². The molecule has 0 aliphatic carbocycles. The Morgan fingerprint density at radius 2 is 1.71 bits per heavy atom. The topological polar surface area (TPSA) is 31.2 Å².